The average molecular weight is 297 g/mol. The lowest BCUT2D eigenvalue weighted by Gasteiger charge is -2.21. The Kier molecular flexibility index (Phi) is 6.02. The summed E-state index contributed by atoms with van der Waals surface area (Å²) in [5, 5.41) is 5.63. The molecule has 0 saturated carbocycles. The largest absolute Gasteiger partial charge is 0.347 e. The number of carbonyl (C=O) groups is 2. The van der Waals surface area contributed by atoms with Gasteiger partial charge in [0.05, 0.1) is 11.3 Å². The standard InChI is InChI=1S/C15H21ClN2O2/c1-15(2,3)18-14(20)11-7-4-5-8-12(11)17-13(19)9-6-10-16/h4-5,7-8H,6,9-10H2,1-3H3,(H,17,19)(H,18,20). The summed E-state index contributed by atoms with van der Waals surface area (Å²) in [5.74, 6) is 0.104. The van der Waals surface area contributed by atoms with E-state index in [2.05, 4.69) is 10.6 Å². The summed E-state index contributed by atoms with van der Waals surface area (Å²) in [5.41, 5.74) is 0.655. The zero-order valence-electron chi connectivity index (χ0n) is 12.1. The molecule has 0 bridgehead atoms. The maximum Gasteiger partial charge on any atom is 0.253 e. The molecule has 5 heteroatoms. The normalized spacial score (nSPS) is 11.0. The molecular formula is C15H21ClN2O2. The molecule has 0 aliphatic carbocycles. The third-order valence-electron chi connectivity index (χ3n) is 2.47. The van der Waals surface area contributed by atoms with Crippen molar-refractivity contribution >= 4 is 29.1 Å². The third-order valence-corrected chi connectivity index (χ3v) is 2.74. The minimum absolute atomic E-state index is 0.137. The number of rotatable bonds is 5. The van der Waals surface area contributed by atoms with Crippen molar-refractivity contribution in [2.45, 2.75) is 39.2 Å². The van der Waals surface area contributed by atoms with E-state index in [1.165, 1.54) is 0 Å². The predicted octanol–water partition coefficient (Wildman–Crippen LogP) is 3.17. The number of hydrogen-bond donors (Lipinski definition) is 2. The second-order valence-electron chi connectivity index (χ2n) is 5.59. The highest BCUT2D eigenvalue weighted by Crippen LogP contribution is 2.16. The second-order valence-corrected chi connectivity index (χ2v) is 5.97. The van der Waals surface area contributed by atoms with Crippen LogP contribution in [0, 0.1) is 0 Å². The van der Waals surface area contributed by atoms with Gasteiger partial charge in [-0.05, 0) is 39.3 Å². The van der Waals surface area contributed by atoms with E-state index < -0.39 is 0 Å². The summed E-state index contributed by atoms with van der Waals surface area (Å²) < 4.78 is 0. The van der Waals surface area contributed by atoms with Crippen LogP contribution in [0.15, 0.2) is 24.3 Å². The van der Waals surface area contributed by atoms with E-state index in [4.69, 9.17) is 11.6 Å². The van der Waals surface area contributed by atoms with Crippen LogP contribution in [0.2, 0.25) is 0 Å². The number of para-hydroxylation sites is 1. The molecule has 4 nitrogen and oxygen atoms in total. The first-order valence-corrected chi connectivity index (χ1v) is 7.14. The molecule has 0 atom stereocenters. The lowest BCUT2D eigenvalue weighted by atomic mass is 10.1. The number of benzene rings is 1. The lowest BCUT2D eigenvalue weighted by Crippen LogP contribution is -2.40. The lowest BCUT2D eigenvalue weighted by molar-refractivity contribution is -0.116. The van der Waals surface area contributed by atoms with E-state index in [-0.39, 0.29) is 17.4 Å². The molecule has 0 aliphatic heterocycles. The second kappa shape index (κ2) is 7.29. The van der Waals surface area contributed by atoms with Crippen LogP contribution in [0.3, 0.4) is 0 Å². The topological polar surface area (TPSA) is 58.2 Å². The minimum atomic E-state index is -0.327. The van der Waals surface area contributed by atoms with Gasteiger partial charge in [0.25, 0.3) is 5.91 Å². The van der Waals surface area contributed by atoms with Crippen molar-refractivity contribution in [3.8, 4) is 0 Å². The van der Waals surface area contributed by atoms with E-state index in [9.17, 15) is 9.59 Å². The fraction of sp³-hybridized carbons (Fsp3) is 0.467. The number of halogens is 1. The van der Waals surface area contributed by atoms with Gasteiger partial charge in [-0.3, -0.25) is 9.59 Å². The van der Waals surface area contributed by atoms with Crippen LogP contribution in [0.25, 0.3) is 0 Å². The fourth-order valence-corrected chi connectivity index (χ4v) is 1.77. The Hall–Kier alpha value is -1.55. The number of nitrogens with one attached hydrogen (secondary N) is 2. The van der Waals surface area contributed by atoms with Gasteiger partial charge in [0, 0.05) is 17.8 Å². The van der Waals surface area contributed by atoms with Crippen molar-refractivity contribution in [3.63, 3.8) is 0 Å². The molecule has 110 valence electrons. The number of carbonyl (C=O) groups excluding carboxylic acids is 2. The van der Waals surface area contributed by atoms with Gasteiger partial charge in [-0.25, -0.2) is 0 Å². The number of amides is 2. The summed E-state index contributed by atoms with van der Waals surface area (Å²) in [6.07, 6.45) is 0.961. The SMILES string of the molecule is CC(C)(C)NC(=O)c1ccccc1NC(=O)CCCCl. The fourth-order valence-electron chi connectivity index (χ4n) is 1.64. The highest BCUT2D eigenvalue weighted by molar-refractivity contribution is 6.18. The molecule has 0 unspecified atom stereocenters. The molecule has 0 heterocycles. The van der Waals surface area contributed by atoms with Crippen molar-refractivity contribution in [3.05, 3.63) is 29.8 Å². The Morgan fingerprint density at radius 2 is 1.85 bits per heavy atom. The van der Waals surface area contributed by atoms with Crippen molar-refractivity contribution in [1.29, 1.82) is 0 Å². The van der Waals surface area contributed by atoms with Crippen LogP contribution in [-0.4, -0.2) is 23.2 Å². The maximum atomic E-state index is 12.2. The van der Waals surface area contributed by atoms with Crippen LogP contribution < -0.4 is 10.6 Å². The average Bonchev–Trinajstić information content (AvgIpc) is 2.35. The van der Waals surface area contributed by atoms with E-state index in [1.807, 2.05) is 20.8 Å². The molecule has 0 aromatic heterocycles. The van der Waals surface area contributed by atoms with Crippen LogP contribution in [0.5, 0.6) is 0 Å². The molecule has 0 radical (unpaired) electrons. The summed E-state index contributed by atoms with van der Waals surface area (Å²) in [7, 11) is 0. The van der Waals surface area contributed by atoms with Crippen molar-refractivity contribution < 1.29 is 9.59 Å². The quantitative estimate of drug-likeness (QED) is 0.820. The van der Waals surface area contributed by atoms with Crippen LogP contribution in [0.4, 0.5) is 5.69 Å². The Bertz CT molecular complexity index is 481. The Morgan fingerprint density at radius 3 is 2.45 bits per heavy atom. The van der Waals surface area contributed by atoms with Crippen LogP contribution in [0.1, 0.15) is 44.0 Å². The zero-order chi connectivity index (χ0) is 15.2. The van der Waals surface area contributed by atoms with Crippen LogP contribution in [-0.2, 0) is 4.79 Å². The van der Waals surface area contributed by atoms with Gasteiger partial charge in [-0.15, -0.1) is 11.6 Å². The Balaban J connectivity index is 2.83. The van der Waals surface area contributed by atoms with Crippen molar-refractivity contribution in [2.75, 3.05) is 11.2 Å². The van der Waals surface area contributed by atoms with E-state index in [0.717, 1.165) is 0 Å². The molecule has 20 heavy (non-hydrogen) atoms. The first kappa shape index (κ1) is 16.5. The predicted molar refractivity (Wildman–Crippen MR) is 82.2 cm³/mol. The monoisotopic (exact) mass is 296 g/mol. The Labute approximate surface area is 124 Å². The van der Waals surface area contributed by atoms with E-state index in [1.54, 1.807) is 24.3 Å². The molecule has 0 aliphatic rings. The summed E-state index contributed by atoms with van der Waals surface area (Å²) in [6.45, 7) is 5.73. The summed E-state index contributed by atoms with van der Waals surface area (Å²) >= 11 is 5.56. The number of alkyl halides is 1. The molecule has 0 fully saturated rings. The van der Waals surface area contributed by atoms with Gasteiger partial charge < -0.3 is 10.6 Å². The van der Waals surface area contributed by atoms with Gasteiger partial charge in [-0.2, -0.15) is 0 Å². The Morgan fingerprint density at radius 1 is 1.20 bits per heavy atom. The van der Waals surface area contributed by atoms with Crippen molar-refractivity contribution in [1.82, 2.24) is 5.32 Å². The van der Waals surface area contributed by atoms with Gasteiger partial charge >= 0.3 is 0 Å². The molecule has 2 N–H and O–H groups in total. The molecule has 1 aromatic rings. The molecule has 2 amide bonds. The van der Waals surface area contributed by atoms with Gasteiger partial charge in [0.1, 0.15) is 0 Å². The van der Waals surface area contributed by atoms with Crippen molar-refractivity contribution in [2.24, 2.45) is 0 Å². The third kappa shape index (κ3) is 5.61. The minimum Gasteiger partial charge on any atom is -0.347 e. The molecule has 0 saturated heterocycles. The zero-order valence-corrected chi connectivity index (χ0v) is 12.9. The van der Waals surface area contributed by atoms with E-state index >= 15 is 0 Å². The smallest absolute Gasteiger partial charge is 0.253 e. The van der Waals surface area contributed by atoms with Gasteiger partial charge in [-0.1, -0.05) is 12.1 Å². The summed E-state index contributed by atoms with van der Waals surface area (Å²) in [4.78, 5) is 23.9. The van der Waals surface area contributed by atoms with Gasteiger partial charge in [0.15, 0.2) is 0 Å². The first-order valence-electron chi connectivity index (χ1n) is 6.61. The number of anilines is 1. The van der Waals surface area contributed by atoms with E-state index in [0.29, 0.717) is 30.0 Å². The summed E-state index contributed by atoms with van der Waals surface area (Å²) in [6, 6.07) is 6.96. The first-order chi connectivity index (χ1) is 9.33. The highest BCUT2D eigenvalue weighted by atomic mass is 35.5. The van der Waals surface area contributed by atoms with Gasteiger partial charge in [0.2, 0.25) is 5.91 Å². The highest BCUT2D eigenvalue weighted by Gasteiger charge is 2.18. The molecule has 1 rings (SSSR count). The maximum absolute atomic E-state index is 12.2. The molecule has 1 aromatic carbocycles. The molecular weight excluding hydrogens is 276 g/mol. The number of hydrogen-bond acceptors (Lipinski definition) is 2. The molecule has 0 spiro atoms. The van der Waals surface area contributed by atoms with Crippen LogP contribution >= 0.6 is 11.6 Å².